The number of nitrogens with zero attached hydrogens (tertiary/aromatic N) is 3. The van der Waals surface area contributed by atoms with Crippen LogP contribution in [0.5, 0.6) is 0 Å². The van der Waals surface area contributed by atoms with E-state index in [1.54, 1.807) is 0 Å². The summed E-state index contributed by atoms with van der Waals surface area (Å²) in [6.07, 6.45) is 7.14. The van der Waals surface area contributed by atoms with Crippen LogP contribution in [-0.4, -0.2) is 60.0 Å². The molecular weight excluding hydrogens is 300 g/mol. The highest BCUT2D eigenvalue weighted by Gasteiger charge is 2.30. The van der Waals surface area contributed by atoms with Gasteiger partial charge in [-0.15, -0.1) is 0 Å². The molecule has 5 heteroatoms. The smallest absolute Gasteiger partial charge is 0.225 e. The number of hydrogen-bond donors (Lipinski definition) is 1. The zero-order chi connectivity index (χ0) is 16.8. The van der Waals surface area contributed by atoms with Gasteiger partial charge in [0.2, 0.25) is 5.91 Å². The molecule has 3 rings (SSSR count). The van der Waals surface area contributed by atoms with Crippen molar-refractivity contribution < 1.29 is 4.79 Å². The SMILES string of the molecule is NCC1CCC(C(=O)N2CCN(CCc3ccccn3)CC2)CC1. The van der Waals surface area contributed by atoms with Crippen LogP contribution in [0, 0.1) is 11.8 Å². The Kier molecular flexibility index (Phi) is 6.21. The minimum absolute atomic E-state index is 0.243. The predicted octanol–water partition coefficient (Wildman–Crippen LogP) is 1.53. The molecule has 2 heterocycles. The Labute approximate surface area is 145 Å². The second-order valence-electron chi connectivity index (χ2n) is 7.19. The summed E-state index contributed by atoms with van der Waals surface area (Å²) in [4.78, 5) is 21.6. The van der Waals surface area contributed by atoms with Gasteiger partial charge in [-0.1, -0.05) is 6.07 Å². The molecule has 0 atom stereocenters. The molecule has 1 saturated heterocycles. The highest BCUT2D eigenvalue weighted by molar-refractivity contribution is 5.79. The molecule has 1 amide bonds. The van der Waals surface area contributed by atoms with E-state index >= 15 is 0 Å². The average molecular weight is 330 g/mol. The van der Waals surface area contributed by atoms with Gasteiger partial charge in [0.15, 0.2) is 0 Å². The normalized spacial score (nSPS) is 25.6. The summed E-state index contributed by atoms with van der Waals surface area (Å²) in [5.41, 5.74) is 6.89. The van der Waals surface area contributed by atoms with E-state index in [9.17, 15) is 4.79 Å². The summed E-state index contributed by atoms with van der Waals surface area (Å²) in [5, 5.41) is 0. The van der Waals surface area contributed by atoms with Gasteiger partial charge in [0.25, 0.3) is 0 Å². The first-order valence-corrected chi connectivity index (χ1v) is 9.37. The van der Waals surface area contributed by atoms with Crippen molar-refractivity contribution in [1.82, 2.24) is 14.8 Å². The number of piperazine rings is 1. The molecule has 2 fully saturated rings. The van der Waals surface area contributed by atoms with Crippen LogP contribution in [0.15, 0.2) is 24.4 Å². The summed E-state index contributed by atoms with van der Waals surface area (Å²) in [6.45, 7) is 5.51. The van der Waals surface area contributed by atoms with Crippen LogP contribution in [0.4, 0.5) is 0 Å². The number of rotatable bonds is 5. The lowest BCUT2D eigenvalue weighted by molar-refractivity contribution is -0.138. The largest absolute Gasteiger partial charge is 0.340 e. The molecule has 1 aliphatic heterocycles. The van der Waals surface area contributed by atoms with Crippen molar-refractivity contribution in [3.05, 3.63) is 30.1 Å². The van der Waals surface area contributed by atoms with Gasteiger partial charge in [0.05, 0.1) is 0 Å². The predicted molar refractivity (Wildman–Crippen MR) is 95.5 cm³/mol. The standard InChI is InChI=1S/C19H30N4O/c20-15-16-4-6-17(7-5-16)19(24)23-13-11-22(12-14-23)10-8-18-3-1-2-9-21-18/h1-3,9,16-17H,4-8,10-15,20H2. The molecule has 1 aliphatic carbocycles. The van der Waals surface area contributed by atoms with Gasteiger partial charge in [0.1, 0.15) is 0 Å². The van der Waals surface area contributed by atoms with Crippen LogP contribution in [0.1, 0.15) is 31.4 Å². The first-order valence-electron chi connectivity index (χ1n) is 9.37. The number of hydrogen-bond acceptors (Lipinski definition) is 4. The maximum absolute atomic E-state index is 12.7. The molecule has 1 saturated carbocycles. The van der Waals surface area contributed by atoms with Gasteiger partial charge in [-0.2, -0.15) is 0 Å². The Hall–Kier alpha value is -1.46. The molecule has 0 unspecified atom stereocenters. The molecule has 0 spiro atoms. The lowest BCUT2D eigenvalue weighted by Crippen LogP contribution is -2.51. The van der Waals surface area contributed by atoms with Crippen LogP contribution in [0.2, 0.25) is 0 Å². The maximum atomic E-state index is 12.7. The summed E-state index contributed by atoms with van der Waals surface area (Å²) in [5.74, 6) is 1.26. The number of pyridine rings is 1. The van der Waals surface area contributed by atoms with Crippen molar-refractivity contribution in [2.75, 3.05) is 39.3 Å². The Morgan fingerprint density at radius 3 is 2.50 bits per heavy atom. The minimum atomic E-state index is 0.243. The Morgan fingerprint density at radius 1 is 1.12 bits per heavy atom. The molecule has 2 aliphatic rings. The number of nitrogens with two attached hydrogens (primary N) is 1. The second kappa shape index (κ2) is 8.58. The van der Waals surface area contributed by atoms with E-state index in [1.165, 1.54) is 0 Å². The quantitative estimate of drug-likeness (QED) is 0.889. The number of aromatic nitrogens is 1. The first-order chi connectivity index (χ1) is 11.8. The third-order valence-electron chi connectivity index (χ3n) is 5.62. The van der Waals surface area contributed by atoms with E-state index in [1.807, 2.05) is 18.3 Å². The molecule has 2 N–H and O–H groups in total. The molecule has 1 aromatic heterocycles. The van der Waals surface area contributed by atoms with Gasteiger partial charge >= 0.3 is 0 Å². The Balaban J connectivity index is 1.39. The van der Waals surface area contributed by atoms with Crippen molar-refractivity contribution in [3.8, 4) is 0 Å². The molecule has 24 heavy (non-hydrogen) atoms. The molecular formula is C19H30N4O. The van der Waals surface area contributed by atoms with Crippen molar-refractivity contribution in [2.45, 2.75) is 32.1 Å². The lowest BCUT2D eigenvalue weighted by Gasteiger charge is -2.37. The van der Waals surface area contributed by atoms with Crippen LogP contribution in [0.3, 0.4) is 0 Å². The molecule has 1 aromatic rings. The van der Waals surface area contributed by atoms with Gasteiger partial charge in [-0.05, 0) is 50.3 Å². The summed E-state index contributed by atoms with van der Waals surface area (Å²) < 4.78 is 0. The average Bonchev–Trinajstić information content (AvgIpc) is 2.67. The van der Waals surface area contributed by atoms with Crippen molar-refractivity contribution in [3.63, 3.8) is 0 Å². The van der Waals surface area contributed by atoms with Crippen LogP contribution >= 0.6 is 0 Å². The second-order valence-corrected chi connectivity index (χ2v) is 7.19. The van der Waals surface area contributed by atoms with Crippen molar-refractivity contribution >= 4 is 5.91 Å². The van der Waals surface area contributed by atoms with Crippen molar-refractivity contribution in [1.29, 1.82) is 0 Å². The third kappa shape index (κ3) is 4.54. The van der Waals surface area contributed by atoms with E-state index in [2.05, 4.69) is 20.9 Å². The van der Waals surface area contributed by atoms with Gasteiger partial charge in [-0.25, -0.2) is 0 Å². The maximum Gasteiger partial charge on any atom is 0.225 e. The highest BCUT2D eigenvalue weighted by atomic mass is 16.2. The summed E-state index contributed by atoms with van der Waals surface area (Å²) in [7, 11) is 0. The van der Waals surface area contributed by atoms with Crippen LogP contribution in [-0.2, 0) is 11.2 Å². The summed E-state index contributed by atoms with van der Waals surface area (Å²) in [6, 6.07) is 6.07. The monoisotopic (exact) mass is 330 g/mol. The minimum Gasteiger partial charge on any atom is -0.340 e. The van der Waals surface area contributed by atoms with E-state index in [-0.39, 0.29) is 5.92 Å². The number of amides is 1. The molecule has 0 bridgehead atoms. The van der Waals surface area contributed by atoms with E-state index in [0.29, 0.717) is 11.8 Å². The van der Waals surface area contributed by atoms with E-state index in [4.69, 9.17) is 5.73 Å². The zero-order valence-corrected chi connectivity index (χ0v) is 14.6. The van der Waals surface area contributed by atoms with Gasteiger partial charge in [0, 0.05) is 57.0 Å². The Morgan fingerprint density at radius 2 is 1.88 bits per heavy atom. The van der Waals surface area contributed by atoms with Crippen LogP contribution in [0.25, 0.3) is 0 Å². The molecule has 0 aromatic carbocycles. The fourth-order valence-electron chi connectivity index (χ4n) is 3.91. The molecule has 5 nitrogen and oxygen atoms in total. The Bertz CT molecular complexity index is 505. The zero-order valence-electron chi connectivity index (χ0n) is 14.6. The fraction of sp³-hybridized carbons (Fsp3) is 0.684. The lowest BCUT2D eigenvalue weighted by atomic mass is 9.81. The first kappa shape index (κ1) is 17.4. The van der Waals surface area contributed by atoms with Crippen LogP contribution < -0.4 is 5.73 Å². The number of carbonyl (C=O) groups excluding carboxylic acids is 1. The topological polar surface area (TPSA) is 62.5 Å². The van der Waals surface area contributed by atoms with Crippen molar-refractivity contribution in [2.24, 2.45) is 17.6 Å². The summed E-state index contributed by atoms with van der Waals surface area (Å²) >= 11 is 0. The van der Waals surface area contributed by atoms with E-state index in [0.717, 1.165) is 77.1 Å². The van der Waals surface area contributed by atoms with Gasteiger partial charge in [-0.3, -0.25) is 14.7 Å². The van der Waals surface area contributed by atoms with Gasteiger partial charge < -0.3 is 10.6 Å². The van der Waals surface area contributed by atoms with E-state index < -0.39 is 0 Å². The third-order valence-corrected chi connectivity index (χ3v) is 5.62. The fourth-order valence-corrected chi connectivity index (χ4v) is 3.91. The molecule has 132 valence electrons. The molecule has 0 radical (unpaired) electrons. The highest BCUT2D eigenvalue weighted by Crippen LogP contribution is 2.29. The number of carbonyl (C=O) groups is 1.